The molecule has 0 aliphatic heterocycles. The summed E-state index contributed by atoms with van der Waals surface area (Å²) in [4.78, 5) is 11.6. The first-order valence-electron chi connectivity index (χ1n) is 5.69. The van der Waals surface area contributed by atoms with Crippen molar-refractivity contribution < 1.29 is 9.21 Å². The smallest absolute Gasteiger partial charge is 0.222 e. The standard InChI is InChI=1S/C12H20N2O2/c1-4-13-9(2)8-12(15)14-10(3)11-6-5-7-16-11/h5-7,9-10,13H,4,8H2,1-3H3,(H,14,15)/t9?,10-/m1/s1. The summed E-state index contributed by atoms with van der Waals surface area (Å²) >= 11 is 0. The van der Waals surface area contributed by atoms with Gasteiger partial charge in [-0.3, -0.25) is 4.79 Å². The average Bonchev–Trinajstić information content (AvgIpc) is 2.69. The van der Waals surface area contributed by atoms with Crippen molar-refractivity contribution in [3.63, 3.8) is 0 Å². The molecule has 16 heavy (non-hydrogen) atoms. The summed E-state index contributed by atoms with van der Waals surface area (Å²) in [5, 5.41) is 6.10. The van der Waals surface area contributed by atoms with Gasteiger partial charge in [-0.1, -0.05) is 6.92 Å². The molecule has 1 amide bonds. The third-order valence-electron chi connectivity index (χ3n) is 2.39. The fourth-order valence-electron chi connectivity index (χ4n) is 1.61. The maximum atomic E-state index is 11.6. The Bertz CT molecular complexity index is 309. The zero-order valence-electron chi connectivity index (χ0n) is 10.1. The molecule has 1 aromatic rings. The fraction of sp³-hybridized carbons (Fsp3) is 0.583. The fourth-order valence-corrected chi connectivity index (χ4v) is 1.61. The van der Waals surface area contributed by atoms with E-state index < -0.39 is 0 Å². The highest BCUT2D eigenvalue weighted by Crippen LogP contribution is 2.12. The molecule has 90 valence electrons. The van der Waals surface area contributed by atoms with E-state index in [0.717, 1.165) is 12.3 Å². The van der Waals surface area contributed by atoms with Crippen molar-refractivity contribution in [2.24, 2.45) is 0 Å². The van der Waals surface area contributed by atoms with Crippen LogP contribution in [-0.4, -0.2) is 18.5 Å². The highest BCUT2D eigenvalue weighted by atomic mass is 16.3. The Hall–Kier alpha value is -1.29. The second-order valence-electron chi connectivity index (χ2n) is 3.97. The maximum absolute atomic E-state index is 11.6. The predicted octanol–water partition coefficient (Wildman–Crippen LogP) is 1.84. The van der Waals surface area contributed by atoms with E-state index in [0.29, 0.717) is 6.42 Å². The Morgan fingerprint density at radius 1 is 1.50 bits per heavy atom. The lowest BCUT2D eigenvalue weighted by Gasteiger charge is -2.15. The van der Waals surface area contributed by atoms with Gasteiger partial charge in [0.05, 0.1) is 12.3 Å². The highest BCUT2D eigenvalue weighted by molar-refractivity contribution is 5.76. The Balaban J connectivity index is 2.34. The van der Waals surface area contributed by atoms with E-state index in [-0.39, 0.29) is 18.0 Å². The minimum atomic E-state index is -0.0728. The molecule has 1 aromatic heterocycles. The number of carbonyl (C=O) groups is 1. The Morgan fingerprint density at radius 3 is 2.81 bits per heavy atom. The summed E-state index contributed by atoms with van der Waals surface area (Å²) in [6.07, 6.45) is 2.10. The number of amides is 1. The Morgan fingerprint density at radius 2 is 2.25 bits per heavy atom. The van der Waals surface area contributed by atoms with Crippen molar-refractivity contribution in [1.82, 2.24) is 10.6 Å². The van der Waals surface area contributed by atoms with Crippen LogP contribution < -0.4 is 10.6 Å². The molecular weight excluding hydrogens is 204 g/mol. The second-order valence-corrected chi connectivity index (χ2v) is 3.97. The monoisotopic (exact) mass is 224 g/mol. The maximum Gasteiger partial charge on any atom is 0.222 e. The van der Waals surface area contributed by atoms with Gasteiger partial charge in [0.2, 0.25) is 5.91 Å². The summed E-state index contributed by atoms with van der Waals surface area (Å²) in [7, 11) is 0. The highest BCUT2D eigenvalue weighted by Gasteiger charge is 2.13. The molecule has 0 spiro atoms. The number of hydrogen-bond donors (Lipinski definition) is 2. The van der Waals surface area contributed by atoms with E-state index in [1.54, 1.807) is 6.26 Å². The summed E-state index contributed by atoms with van der Waals surface area (Å²) in [5.41, 5.74) is 0. The molecule has 0 fully saturated rings. The Labute approximate surface area is 96.4 Å². The molecule has 0 aliphatic rings. The number of hydrogen-bond acceptors (Lipinski definition) is 3. The molecule has 0 aromatic carbocycles. The van der Waals surface area contributed by atoms with E-state index in [1.165, 1.54) is 0 Å². The second kappa shape index (κ2) is 6.33. The molecule has 0 radical (unpaired) electrons. The van der Waals surface area contributed by atoms with Crippen LogP contribution in [0.3, 0.4) is 0 Å². The van der Waals surface area contributed by atoms with E-state index in [1.807, 2.05) is 32.9 Å². The first-order valence-corrected chi connectivity index (χ1v) is 5.69. The lowest BCUT2D eigenvalue weighted by Crippen LogP contribution is -2.34. The van der Waals surface area contributed by atoms with Gasteiger partial charge in [-0.15, -0.1) is 0 Å². The number of carbonyl (C=O) groups excluding carboxylic acids is 1. The minimum absolute atomic E-state index is 0.0392. The summed E-state index contributed by atoms with van der Waals surface area (Å²) < 4.78 is 5.22. The van der Waals surface area contributed by atoms with Crippen LogP contribution >= 0.6 is 0 Å². The normalized spacial score (nSPS) is 14.4. The van der Waals surface area contributed by atoms with Crippen molar-refractivity contribution in [3.05, 3.63) is 24.2 Å². The molecule has 1 unspecified atom stereocenters. The molecule has 0 bridgehead atoms. The van der Waals surface area contributed by atoms with Gasteiger partial charge >= 0.3 is 0 Å². The largest absolute Gasteiger partial charge is 0.467 e. The quantitative estimate of drug-likeness (QED) is 0.775. The van der Waals surface area contributed by atoms with E-state index in [2.05, 4.69) is 10.6 Å². The molecule has 2 atom stereocenters. The predicted molar refractivity (Wildman–Crippen MR) is 63.0 cm³/mol. The average molecular weight is 224 g/mol. The van der Waals surface area contributed by atoms with Crippen molar-refractivity contribution in [3.8, 4) is 0 Å². The molecule has 0 aliphatic carbocycles. The summed E-state index contributed by atoms with van der Waals surface area (Å²) in [5.74, 6) is 0.821. The molecule has 2 N–H and O–H groups in total. The third kappa shape index (κ3) is 4.06. The van der Waals surface area contributed by atoms with Gasteiger partial charge in [0, 0.05) is 12.5 Å². The van der Waals surface area contributed by atoms with E-state index in [9.17, 15) is 4.79 Å². The molecule has 1 heterocycles. The van der Waals surface area contributed by atoms with Crippen LogP contribution in [0.5, 0.6) is 0 Å². The van der Waals surface area contributed by atoms with Crippen molar-refractivity contribution in [2.45, 2.75) is 39.3 Å². The minimum Gasteiger partial charge on any atom is -0.467 e. The molecule has 1 rings (SSSR count). The first-order chi connectivity index (χ1) is 7.63. The van der Waals surface area contributed by atoms with Gasteiger partial charge in [0.25, 0.3) is 0 Å². The van der Waals surface area contributed by atoms with E-state index in [4.69, 9.17) is 4.42 Å². The zero-order valence-corrected chi connectivity index (χ0v) is 10.1. The van der Waals surface area contributed by atoms with E-state index >= 15 is 0 Å². The number of nitrogens with one attached hydrogen (secondary N) is 2. The van der Waals surface area contributed by atoms with Gasteiger partial charge in [0.15, 0.2) is 0 Å². The summed E-state index contributed by atoms with van der Waals surface area (Å²) in [6.45, 7) is 6.82. The van der Waals surface area contributed by atoms with Crippen LogP contribution in [0.15, 0.2) is 22.8 Å². The topological polar surface area (TPSA) is 54.3 Å². The Kier molecular flexibility index (Phi) is 5.05. The van der Waals surface area contributed by atoms with Crippen molar-refractivity contribution in [2.75, 3.05) is 6.54 Å². The number of furan rings is 1. The van der Waals surface area contributed by atoms with Gasteiger partial charge in [-0.2, -0.15) is 0 Å². The molecule has 0 saturated carbocycles. The first kappa shape index (κ1) is 12.8. The van der Waals surface area contributed by atoms with Gasteiger partial charge in [-0.25, -0.2) is 0 Å². The molecule has 4 nitrogen and oxygen atoms in total. The van der Waals surface area contributed by atoms with Gasteiger partial charge < -0.3 is 15.1 Å². The van der Waals surface area contributed by atoms with Crippen LogP contribution in [-0.2, 0) is 4.79 Å². The molecular formula is C12H20N2O2. The van der Waals surface area contributed by atoms with Gasteiger partial charge in [-0.05, 0) is 32.5 Å². The van der Waals surface area contributed by atoms with Crippen LogP contribution in [0.1, 0.15) is 39.0 Å². The molecule has 4 heteroatoms. The lowest BCUT2D eigenvalue weighted by molar-refractivity contribution is -0.122. The van der Waals surface area contributed by atoms with Crippen LogP contribution in [0.4, 0.5) is 0 Å². The van der Waals surface area contributed by atoms with Crippen LogP contribution in [0.25, 0.3) is 0 Å². The molecule has 0 saturated heterocycles. The summed E-state index contributed by atoms with van der Waals surface area (Å²) in [6, 6.07) is 3.81. The van der Waals surface area contributed by atoms with Crippen molar-refractivity contribution in [1.29, 1.82) is 0 Å². The van der Waals surface area contributed by atoms with Crippen LogP contribution in [0, 0.1) is 0 Å². The number of rotatable bonds is 6. The lowest BCUT2D eigenvalue weighted by atomic mass is 10.2. The van der Waals surface area contributed by atoms with Crippen LogP contribution in [0.2, 0.25) is 0 Å². The van der Waals surface area contributed by atoms with Gasteiger partial charge in [0.1, 0.15) is 5.76 Å². The third-order valence-corrected chi connectivity index (χ3v) is 2.39. The SMILES string of the molecule is CCNC(C)CC(=O)N[C@H](C)c1ccco1. The van der Waals surface area contributed by atoms with Crippen molar-refractivity contribution >= 4 is 5.91 Å². The zero-order chi connectivity index (χ0) is 12.0.